The van der Waals surface area contributed by atoms with Crippen LogP contribution in [0.4, 0.5) is 18.9 Å². The molecule has 0 spiro atoms. The molecule has 0 unspecified atom stereocenters. The second-order valence-corrected chi connectivity index (χ2v) is 9.18. The molecule has 5 nitrogen and oxygen atoms in total. The van der Waals surface area contributed by atoms with E-state index in [1.54, 1.807) is 0 Å². The Bertz CT molecular complexity index is 1010. The average Bonchev–Trinajstić information content (AvgIpc) is 3.01. The molecule has 1 N–H and O–H groups in total. The lowest BCUT2D eigenvalue weighted by Gasteiger charge is -2.13. The van der Waals surface area contributed by atoms with Crippen molar-refractivity contribution in [2.45, 2.75) is 48.3 Å². The number of benzene rings is 1. The van der Waals surface area contributed by atoms with Crippen molar-refractivity contribution in [3.8, 4) is 0 Å². The molecule has 1 amide bonds. The van der Waals surface area contributed by atoms with Gasteiger partial charge in [-0.3, -0.25) is 14.2 Å². The Balaban J connectivity index is 1.75. The zero-order valence-electron chi connectivity index (χ0n) is 15.5. The van der Waals surface area contributed by atoms with E-state index in [1.807, 2.05) is 13.8 Å². The van der Waals surface area contributed by atoms with Gasteiger partial charge in [0.15, 0.2) is 5.16 Å². The van der Waals surface area contributed by atoms with Crippen LogP contribution in [0.5, 0.6) is 0 Å². The smallest absolute Gasteiger partial charge is 0.324 e. The van der Waals surface area contributed by atoms with Crippen LogP contribution in [-0.4, -0.2) is 26.5 Å². The van der Waals surface area contributed by atoms with Crippen molar-refractivity contribution in [2.24, 2.45) is 0 Å². The Morgan fingerprint density at radius 2 is 2.17 bits per heavy atom. The number of amides is 1. The second-order valence-electron chi connectivity index (χ2n) is 6.38. The molecule has 3 rings (SSSR count). The first kappa shape index (κ1) is 22.0. The highest BCUT2D eigenvalue weighted by Crippen LogP contribution is 2.35. The number of hydrogen-bond acceptors (Lipinski definition) is 5. The average molecular weight is 464 g/mol. The summed E-state index contributed by atoms with van der Waals surface area (Å²) in [6.45, 7) is 4.23. The minimum absolute atomic E-state index is 0.00323. The van der Waals surface area contributed by atoms with Crippen molar-refractivity contribution in [1.82, 2.24) is 9.55 Å². The van der Waals surface area contributed by atoms with E-state index in [1.165, 1.54) is 16.3 Å². The van der Waals surface area contributed by atoms with E-state index in [-0.39, 0.29) is 27.3 Å². The van der Waals surface area contributed by atoms with Crippen LogP contribution >= 0.6 is 35.1 Å². The number of fused-ring (bicyclic) bond motifs is 1. The summed E-state index contributed by atoms with van der Waals surface area (Å²) in [5, 5.41) is 3.08. The third-order valence-electron chi connectivity index (χ3n) is 4.18. The number of anilines is 1. The number of alkyl halides is 3. The topological polar surface area (TPSA) is 64.0 Å². The van der Waals surface area contributed by atoms with Gasteiger partial charge in [0.25, 0.3) is 5.56 Å². The normalized spacial score (nSPS) is 16.0. The van der Waals surface area contributed by atoms with Gasteiger partial charge in [0, 0.05) is 18.2 Å². The summed E-state index contributed by atoms with van der Waals surface area (Å²) in [6, 6.07) is 2.72. The van der Waals surface area contributed by atoms with Crippen molar-refractivity contribution in [3.63, 3.8) is 0 Å². The van der Waals surface area contributed by atoms with Gasteiger partial charge >= 0.3 is 6.18 Å². The van der Waals surface area contributed by atoms with Crippen LogP contribution in [-0.2, 0) is 23.9 Å². The van der Waals surface area contributed by atoms with Gasteiger partial charge in [0.05, 0.1) is 32.6 Å². The van der Waals surface area contributed by atoms with Gasteiger partial charge in [0.2, 0.25) is 5.91 Å². The van der Waals surface area contributed by atoms with Crippen LogP contribution in [0.3, 0.4) is 0 Å². The number of halogens is 4. The summed E-state index contributed by atoms with van der Waals surface area (Å²) in [4.78, 5) is 30.1. The highest BCUT2D eigenvalue weighted by molar-refractivity contribution is 8.00. The molecular formula is C18H17ClF3N3O2S2. The summed E-state index contributed by atoms with van der Waals surface area (Å²) < 4.78 is 40.1. The number of hydrogen-bond donors (Lipinski definition) is 1. The van der Waals surface area contributed by atoms with E-state index < -0.39 is 17.6 Å². The number of nitrogens with zero attached hydrogens (tertiary/aromatic N) is 2. The van der Waals surface area contributed by atoms with Crippen LogP contribution in [0.1, 0.15) is 25.1 Å². The van der Waals surface area contributed by atoms with Gasteiger partial charge < -0.3 is 5.32 Å². The molecule has 0 aliphatic carbocycles. The molecule has 2 heterocycles. The molecule has 29 heavy (non-hydrogen) atoms. The summed E-state index contributed by atoms with van der Waals surface area (Å²) in [6.07, 6.45) is -3.86. The fraction of sp³-hybridized carbons (Fsp3) is 0.389. The van der Waals surface area contributed by atoms with Gasteiger partial charge in [-0.15, -0.1) is 11.8 Å². The molecule has 156 valence electrons. The summed E-state index contributed by atoms with van der Waals surface area (Å²) >= 11 is 8.46. The third kappa shape index (κ3) is 4.92. The fourth-order valence-electron chi connectivity index (χ4n) is 2.83. The minimum Gasteiger partial charge on any atom is -0.324 e. The van der Waals surface area contributed by atoms with Crippen molar-refractivity contribution < 1.29 is 18.0 Å². The zero-order valence-corrected chi connectivity index (χ0v) is 17.9. The van der Waals surface area contributed by atoms with E-state index in [0.29, 0.717) is 23.0 Å². The van der Waals surface area contributed by atoms with Crippen LogP contribution < -0.4 is 10.9 Å². The van der Waals surface area contributed by atoms with E-state index in [2.05, 4.69) is 10.3 Å². The standard InChI is InChI=1S/C18H17ClF3N3O2S2/c1-3-25-16(27)15-13(6-9(2)29-15)24-17(25)28-8-14(26)23-12-7-10(18(20,21)22)4-5-11(12)19/h4-5,7,9H,3,6,8H2,1-2H3,(H,23,26)/t9-/m0/s1. The predicted molar refractivity (Wildman–Crippen MR) is 109 cm³/mol. The molecule has 1 aromatic heterocycles. The molecule has 11 heteroatoms. The molecule has 1 aromatic carbocycles. The fourth-order valence-corrected chi connectivity index (χ4v) is 4.99. The lowest BCUT2D eigenvalue weighted by Crippen LogP contribution is -2.25. The molecule has 1 aliphatic rings. The third-order valence-corrected chi connectivity index (χ3v) is 6.70. The maximum atomic E-state index is 12.9. The molecule has 1 aliphatic heterocycles. The van der Waals surface area contributed by atoms with Gasteiger partial charge in [-0.1, -0.05) is 30.3 Å². The summed E-state index contributed by atoms with van der Waals surface area (Å²) in [5.41, 5.74) is -0.430. The molecule has 0 bridgehead atoms. The molecule has 0 saturated carbocycles. The minimum atomic E-state index is -4.54. The molecule has 0 radical (unpaired) electrons. The first-order chi connectivity index (χ1) is 13.6. The van der Waals surface area contributed by atoms with Crippen molar-refractivity contribution in [3.05, 3.63) is 44.8 Å². The highest BCUT2D eigenvalue weighted by Gasteiger charge is 2.31. The lowest BCUT2D eigenvalue weighted by atomic mass is 10.2. The zero-order chi connectivity index (χ0) is 21.3. The number of aromatic nitrogens is 2. The molecule has 2 aromatic rings. The number of thioether (sulfide) groups is 2. The van der Waals surface area contributed by atoms with E-state index >= 15 is 0 Å². The van der Waals surface area contributed by atoms with Crippen LogP contribution in [0, 0.1) is 0 Å². The number of carbonyl (C=O) groups excluding carboxylic acids is 1. The molecule has 0 fully saturated rings. The van der Waals surface area contributed by atoms with Crippen LogP contribution in [0.2, 0.25) is 5.02 Å². The van der Waals surface area contributed by atoms with Crippen LogP contribution in [0.15, 0.2) is 33.0 Å². The van der Waals surface area contributed by atoms with E-state index in [4.69, 9.17) is 11.6 Å². The summed E-state index contributed by atoms with van der Waals surface area (Å²) in [5.74, 6) is -0.670. The van der Waals surface area contributed by atoms with Crippen LogP contribution in [0.25, 0.3) is 0 Å². The number of carbonyl (C=O) groups is 1. The SMILES string of the molecule is CCn1c(SCC(=O)Nc2cc(C(F)(F)F)ccc2Cl)nc2c(c1=O)S[C@@H](C)C2. The monoisotopic (exact) mass is 463 g/mol. The molecular weight excluding hydrogens is 447 g/mol. The number of rotatable bonds is 5. The maximum Gasteiger partial charge on any atom is 0.416 e. The van der Waals surface area contributed by atoms with Crippen molar-refractivity contribution >= 4 is 46.7 Å². The Kier molecular flexibility index (Phi) is 6.54. The van der Waals surface area contributed by atoms with Gasteiger partial charge in [-0.2, -0.15) is 13.2 Å². The predicted octanol–water partition coefficient (Wildman–Crippen LogP) is 4.70. The Labute approximate surface area is 178 Å². The van der Waals surface area contributed by atoms with Crippen molar-refractivity contribution in [2.75, 3.05) is 11.1 Å². The Morgan fingerprint density at radius 1 is 1.45 bits per heavy atom. The number of nitrogens with one attached hydrogen (secondary N) is 1. The quantitative estimate of drug-likeness (QED) is 0.514. The summed E-state index contributed by atoms with van der Waals surface area (Å²) in [7, 11) is 0. The van der Waals surface area contributed by atoms with Gasteiger partial charge in [-0.25, -0.2) is 4.98 Å². The first-order valence-corrected chi connectivity index (χ1v) is 10.9. The largest absolute Gasteiger partial charge is 0.416 e. The van der Waals surface area contributed by atoms with E-state index in [9.17, 15) is 22.8 Å². The molecule has 1 atom stereocenters. The maximum absolute atomic E-state index is 12.9. The highest BCUT2D eigenvalue weighted by atomic mass is 35.5. The van der Waals surface area contributed by atoms with E-state index in [0.717, 1.165) is 35.7 Å². The van der Waals surface area contributed by atoms with Gasteiger partial charge in [-0.05, 0) is 25.1 Å². The molecule has 0 saturated heterocycles. The first-order valence-electron chi connectivity index (χ1n) is 8.70. The second kappa shape index (κ2) is 8.61. The Morgan fingerprint density at radius 3 is 2.83 bits per heavy atom. The van der Waals surface area contributed by atoms with Crippen molar-refractivity contribution in [1.29, 1.82) is 0 Å². The Hall–Kier alpha value is -1.65. The lowest BCUT2D eigenvalue weighted by molar-refractivity contribution is -0.137. The van der Waals surface area contributed by atoms with Gasteiger partial charge in [0.1, 0.15) is 0 Å².